The zero-order valence-corrected chi connectivity index (χ0v) is 19.0. The van der Waals surface area contributed by atoms with Crippen LogP contribution in [0.2, 0.25) is 5.02 Å². The van der Waals surface area contributed by atoms with Crippen molar-refractivity contribution in [2.24, 2.45) is 15.4 Å². The normalized spacial score (nSPS) is 15.4. The van der Waals surface area contributed by atoms with Crippen molar-refractivity contribution in [2.75, 3.05) is 19.7 Å². The third-order valence-electron chi connectivity index (χ3n) is 5.58. The summed E-state index contributed by atoms with van der Waals surface area (Å²) < 4.78 is 1.82. The van der Waals surface area contributed by atoms with E-state index in [1.54, 1.807) is 12.1 Å². The number of amides is 1. The number of hydrogen-bond donors (Lipinski definition) is 1. The van der Waals surface area contributed by atoms with Gasteiger partial charge in [0.05, 0.1) is 18.4 Å². The quantitative estimate of drug-likeness (QED) is 0.282. The number of carbonyl (C=O) groups excluding carboxylic acids is 1. The number of azo groups is 1. The first kappa shape index (κ1) is 22.9. The van der Waals surface area contributed by atoms with E-state index in [0.29, 0.717) is 17.3 Å². The van der Waals surface area contributed by atoms with Gasteiger partial charge in [-0.3, -0.25) is 14.3 Å². The summed E-state index contributed by atoms with van der Waals surface area (Å²) in [5.74, 6) is -0.621. The smallest absolute Gasteiger partial charge is 0.304 e. The van der Waals surface area contributed by atoms with Gasteiger partial charge in [0.1, 0.15) is 0 Å². The molecule has 9 heteroatoms. The van der Waals surface area contributed by atoms with Gasteiger partial charge in [-0.25, -0.2) is 0 Å². The van der Waals surface area contributed by atoms with E-state index in [4.69, 9.17) is 16.4 Å². The molecule has 0 spiro atoms. The lowest BCUT2D eigenvalue weighted by atomic mass is 10.2. The largest absolute Gasteiger partial charge is 0.493 e. The zero-order chi connectivity index (χ0) is 23.0. The number of fused-ring (bicyclic) bond motifs is 1. The SMILES string of the molecule is O=C(CO/N=C/c1ccccc1Cl)N=Nc1c(O)n(CN2CCCCCC2)c2ccccc12. The van der Waals surface area contributed by atoms with E-state index in [9.17, 15) is 9.90 Å². The molecule has 0 atom stereocenters. The van der Waals surface area contributed by atoms with Gasteiger partial charge < -0.3 is 9.94 Å². The van der Waals surface area contributed by atoms with Crippen LogP contribution in [0.25, 0.3) is 10.9 Å². The molecule has 1 amide bonds. The highest BCUT2D eigenvalue weighted by atomic mass is 35.5. The van der Waals surface area contributed by atoms with Crippen molar-refractivity contribution in [1.82, 2.24) is 9.47 Å². The summed E-state index contributed by atoms with van der Waals surface area (Å²) >= 11 is 6.04. The number of aromatic nitrogens is 1. The predicted molar refractivity (Wildman–Crippen MR) is 128 cm³/mol. The van der Waals surface area contributed by atoms with Crippen LogP contribution in [0.3, 0.4) is 0 Å². The molecule has 0 unspecified atom stereocenters. The minimum absolute atomic E-state index is 0.00495. The number of halogens is 1. The molecule has 1 saturated heterocycles. The lowest BCUT2D eigenvalue weighted by Gasteiger charge is -2.21. The van der Waals surface area contributed by atoms with E-state index < -0.39 is 5.91 Å². The number of nitrogens with zero attached hydrogens (tertiary/aromatic N) is 5. The van der Waals surface area contributed by atoms with E-state index in [2.05, 4.69) is 20.3 Å². The number of para-hydroxylation sites is 1. The van der Waals surface area contributed by atoms with Crippen molar-refractivity contribution in [1.29, 1.82) is 0 Å². The van der Waals surface area contributed by atoms with Gasteiger partial charge >= 0.3 is 5.91 Å². The molecule has 2 heterocycles. The number of rotatable bonds is 7. The van der Waals surface area contributed by atoms with Crippen molar-refractivity contribution >= 4 is 40.3 Å². The van der Waals surface area contributed by atoms with Gasteiger partial charge in [-0.05, 0) is 38.1 Å². The van der Waals surface area contributed by atoms with Gasteiger partial charge in [-0.2, -0.15) is 0 Å². The monoisotopic (exact) mass is 467 g/mol. The molecule has 0 aliphatic carbocycles. The molecule has 1 N–H and O–H groups in total. The topological polar surface area (TPSA) is 91.8 Å². The number of carbonyl (C=O) groups is 1. The van der Waals surface area contributed by atoms with Gasteiger partial charge in [0.25, 0.3) is 0 Å². The van der Waals surface area contributed by atoms with Crippen LogP contribution in [0.1, 0.15) is 31.2 Å². The Morgan fingerprint density at radius 3 is 2.58 bits per heavy atom. The molecule has 0 radical (unpaired) electrons. The Hall–Kier alpha value is -3.23. The number of benzene rings is 2. The van der Waals surface area contributed by atoms with Gasteiger partial charge in [0, 0.05) is 16.0 Å². The molecular weight excluding hydrogens is 442 g/mol. The second-order valence-corrected chi connectivity index (χ2v) is 8.32. The maximum Gasteiger partial charge on any atom is 0.304 e. The number of aromatic hydroxyl groups is 1. The van der Waals surface area contributed by atoms with Crippen LogP contribution in [-0.2, 0) is 16.3 Å². The summed E-state index contributed by atoms with van der Waals surface area (Å²) in [6.45, 7) is 2.17. The van der Waals surface area contributed by atoms with Crippen LogP contribution < -0.4 is 0 Å². The van der Waals surface area contributed by atoms with Gasteiger partial charge in [0.15, 0.2) is 12.3 Å². The molecule has 1 aromatic heterocycles. The summed E-state index contributed by atoms with van der Waals surface area (Å²) in [5.41, 5.74) is 1.80. The van der Waals surface area contributed by atoms with Crippen LogP contribution >= 0.6 is 11.6 Å². The minimum Gasteiger partial charge on any atom is -0.493 e. The fourth-order valence-corrected chi connectivity index (χ4v) is 4.08. The highest BCUT2D eigenvalue weighted by Crippen LogP contribution is 2.39. The average Bonchev–Trinajstić information content (AvgIpc) is 2.97. The number of oxime groups is 1. The Bertz CT molecular complexity index is 1170. The Labute approximate surface area is 197 Å². The highest BCUT2D eigenvalue weighted by molar-refractivity contribution is 6.33. The second kappa shape index (κ2) is 11.1. The number of hydrogen-bond acceptors (Lipinski definition) is 6. The molecule has 8 nitrogen and oxygen atoms in total. The average molecular weight is 468 g/mol. The van der Waals surface area contributed by atoms with Crippen LogP contribution in [0.15, 0.2) is 63.9 Å². The first-order valence-electron chi connectivity index (χ1n) is 11.0. The Balaban J connectivity index is 1.44. The van der Waals surface area contributed by atoms with Crippen molar-refractivity contribution in [3.63, 3.8) is 0 Å². The van der Waals surface area contributed by atoms with Crippen molar-refractivity contribution in [2.45, 2.75) is 32.4 Å². The Kier molecular flexibility index (Phi) is 7.70. The lowest BCUT2D eigenvalue weighted by molar-refractivity contribution is -0.122. The third kappa shape index (κ3) is 5.77. The van der Waals surface area contributed by atoms with Crippen LogP contribution in [0.4, 0.5) is 5.69 Å². The molecule has 172 valence electrons. The molecule has 0 bridgehead atoms. The summed E-state index contributed by atoms with van der Waals surface area (Å²) in [5, 5.41) is 23.7. The highest BCUT2D eigenvalue weighted by Gasteiger charge is 2.19. The van der Waals surface area contributed by atoms with E-state index in [1.807, 2.05) is 41.0 Å². The maximum atomic E-state index is 12.1. The minimum atomic E-state index is -0.616. The third-order valence-corrected chi connectivity index (χ3v) is 5.92. The van der Waals surface area contributed by atoms with Crippen molar-refractivity contribution < 1.29 is 14.7 Å². The predicted octanol–water partition coefficient (Wildman–Crippen LogP) is 5.49. The molecule has 1 aliphatic rings. The molecule has 4 rings (SSSR count). The van der Waals surface area contributed by atoms with Gasteiger partial charge in [0.2, 0.25) is 5.88 Å². The first-order chi connectivity index (χ1) is 16.1. The van der Waals surface area contributed by atoms with E-state index in [-0.39, 0.29) is 18.2 Å². The van der Waals surface area contributed by atoms with E-state index in [0.717, 1.165) is 36.8 Å². The summed E-state index contributed by atoms with van der Waals surface area (Å²) in [6.07, 6.45) is 6.21. The van der Waals surface area contributed by atoms with Gasteiger partial charge in [-0.1, -0.05) is 66.0 Å². The van der Waals surface area contributed by atoms with Crippen molar-refractivity contribution in [3.8, 4) is 5.88 Å². The molecule has 3 aromatic rings. The van der Waals surface area contributed by atoms with E-state index >= 15 is 0 Å². The van der Waals surface area contributed by atoms with Gasteiger partial charge in [-0.15, -0.1) is 10.2 Å². The molecular formula is C24H26ClN5O3. The summed E-state index contributed by atoms with van der Waals surface area (Å²) in [4.78, 5) is 19.5. The van der Waals surface area contributed by atoms with Crippen molar-refractivity contribution in [3.05, 3.63) is 59.1 Å². The molecule has 2 aromatic carbocycles. The maximum absolute atomic E-state index is 12.1. The summed E-state index contributed by atoms with van der Waals surface area (Å²) in [6, 6.07) is 14.7. The lowest BCUT2D eigenvalue weighted by Crippen LogP contribution is -2.27. The second-order valence-electron chi connectivity index (χ2n) is 7.91. The Morgan fingerprint density at radius 2 is 1.79 bits per heavy atom. The fraction of sp³-hybridized carbons (Fsp3) is 0.333. The van der Waals surface area contributed by atoms with Crippen LogP contribution in [0, 0.1) is 0 Å². The molecule has 33 heavy (non-hydrogen) atoms. The fourth-order valence-electron chi connectivity index (χ4n) is 3.89. The Morgan fingerprint density at radius 1 is 1.06 bits per heavy atom. The standard InChI is InChI=1S/C24H26ClN5O3/c25-20-11-5-3-9-18(20)15-26-33-16-22(31)27-28-23-19-10-4-6-12-21(19)30(24(23)32)17-29-13-7-1-2-8-14-29/h3-6,9-12,15,32H,1-2,7-8,13-14,16-17H2/b26-15+,28-27?. The van der Waals surface area contributed by atoms with E-state index in [1.165, 1.54) is 19.1 Å². The molecule has 1 aliphatic heterocycles. The molecule has 0 saturated carbocycles. The molecule has 1 fully saturated rings. The summed E-state index contributed by atoms with van der Waals surface area (Å²) in [7, 11) is 0. The van der Waals surface area contributed by atoms with Crippen LogP contribution in [0.5, 0.6) is 5.88 Å². The first-order valence-corrected chi connectivity index (χ1v) is 11.4. The zero-order valence-electron chi connectivity index (χ0n) is 18.2. The van der Waals surface area contributed by atoms with Crippen LogP contribution in [-0.4, -0.2) is 46.4 Å². The number of likely N-dealkylation sites (tertiary alicyclic amines) is 1.